The Hall–Kier alpha value is -0.590. The summed E-state index contributed by atoms with van der Waals surface area (Å²) in [6.45, 7) is 3.19. The average Bonchev–Trinajstić information content (AvgIpc) is 2.34. The van der Waals surface area contributed by atoms with Crippen LogP contribution in [-0.4, -0.2) is 30.0 Å². The Morgan fingerprint density at radius 2 is 2.00 bits per heavy atom. The van der Waals surface area contributed by atoms with Crippen LogP contribution in [-0.2, 0) is 9.47 Å². The summed E-state index contributed by atoms with van der Waals surface area (Å²) in [5, 5.41) is 9.17. The van der Waals surface area contributed by atoms with E-state index >= 15 is 0 Å². The molecule has 1 aliphatic heterocycles. The number of aliphatic hydroxyl groups is 1. The van der Waals surface area contributed by atoms with Crippen LogP contribution in [0.5, 0.6) is 0 Å². The van der Waals surface area contributed by atoms with E-state index < -0.39 is 29.9 Å². The minimum Gasteiger partial charge on any atom is -0.383 e. The molecule has 0 radical (unpaired) electrons. The van der Waals surface area contributed by atoms with Gasteiger partial charge in [0.05, 0.1) is 12.7 Å². The average molecular weight is 268 g/mol. The monoisotopic (exact) mass is 268 g/mol. The Morgan fingerprint density at radius 1 is 1.33 bits per heavy atom. The summed E-state index contributed by atoms with van der Waals surface area (Å²) in [5.74, 6) is -3.40. The zero-order valence-corrected chi connectivity index (χ0v) is 10.6. The van der Waals surface area contributed by atoms with Gasteiger partial charge < -0.3 is 14.6 Å². The van der Waals surface area contributed by atoms with Gasteiger partial charge in [-0.3, -0.25) is 0 Å². The van der Waals surface area contributed by atoms with Gasteiger partial charge in [-0.05, 0) is 13.3 Å². The maximum absolute atomic E-state index is 13.9. The number of halogens is 3. The van der Waals surface area contributed by atoms with Crippen molar-refractivity contribution in [3.05, 3.63) is 11.7 Å². The number of unbranched alkanes of at least 4 members (excludes halogenated alkanes) is 3. The number of hydrogen-bond donors (Lipinski definition) is 1. The molecule has 1 aliphatic rings. The van der Waals surface area contributed by atoms with Crippen molar-refractivity contribution in [2.24, 2.45) is 0 Å². The molecule has 0 unspecified atom stereocenters. The molecule has 0 fully saturated rings. The van der Waals surface area contributed by atoms with Crippen LogP contribution in [0.2, 0.25) is 0 Å². The summed E-state index contributed by atoms with van der Waals surface area (Å²) in [4.78, 5) is 0. The first kappa shape index (κ1) is 15.5. The second-order valence-electron chi connectivity index (χ2n) is 4.38. The Kier molecular flexibility index (Phi) is 5.62. The van der Waals surface area contributed by atoms with E-state index in [0.29, 0.717) is 6.42 Å². The topological polar surface area (TPSA) is 38.7 Å². The van der Waals surface area contributed by atoms with Crippen molar-refractivity contribution in [1.82, 2.24) is 0 Å². The quantitative estimate of drug-likeness (QED) is 0.752. The first-order chi connectivity index (χ1) is 8.42. The van der Waals surface area contributed by atoms with Crippen LogP contribution in [0.15, 0.2) is 11.7 Å². The highest BCUT2D eigenvalue weighted by Crippen LogP contribution is 2.38. The third-order valence-electron chi connectivity index (χ3n) is 2.80. The molecule has 1 heterocycles. The predicted octanol–water partition coefficient (Wildman–Crippen LogP) is 3.14. The Balaban J connectivity index is 2.57. The van der Waals surface area contributed by atoms with Crippen LogP contribution in [0.3, 0.4) is 0 Å². The minimum absolute atomic E-state index is 0.0694. The van der Waals surface area contributed by atoms with Crippen molar-refractivity contribution in [2.45, 2.75) is 57.8 Å². The Labute approximate surface area is 105 Å². The number of rotatable bonds is 6. The molecule has 0 aliphatic carbocycles. The van der Waals surface area contributed by atoms with Gasteiger partial charge in [-0.25, -0.2) is 4.39 Å². The largest absolute Gasteiger partial charge is 0.383 e. The van der Waals surface area contributed by atoms with E-state index in [4.69, 9.17) is 0 Å². The molecular formula is C12H19F3O3. The second-order valence-corrected chi connectivity index (χ2v) is 4.38. The lowest BCUT2D eigenvalue weighted by atomic mass is 10.1. The molecule has 106 valence electrons. The molecule has 0 aromatic rings. The van der Waals surface area contributed by atoms with Gasteiger partial charge in [0.2, 0.25) is 5.83 Å². The Morgan fingerprint density at radius 3 is 2.61 bits per heavy atom. The normalized spacial score (nSPS) is 33.0. The van der Waals surface area contributed by atoms with E-state index in [-0.39, 0.29) is 6.61 Å². The van der Waals surface area contributed by atoms with Crippen molar-refractivity contribution in [3.63, 3.8) is 0 Å². The number of aliphatic hydroxyl groups excluding tert-OH is 1. The summed E-state index contributed by atoms with van der Waals surface area (Å²) >= 11 is 0. The van der Waals surface area contributed by atoms with E-state index in [1.807, 2.05) is 6.92 Å². The highest BCUT2D eigenvalue weighted by Gasteiger charge is 2.49. The van der Waals surface area contributed by atoms with Crippen molar-refractivity contribution in [3.8, 4) is 0 Å². The third-order valence-corrected chi connectivity index (χ3v) is 2.80. The van der Waals surface area contributed by atoms with E-state index in [9.17, 15) is 18.3 Å². The molecule has 3 atom stereocenters. The number of ether oxygens (including phenoxy) is 2. The van der Waals surface area contributed by atoms with Gasteiger partial charge in [-0.1, -0.05) is 26.2 Å². The molecule has 1 rings (SSSR count). The SMILES string of the molecule is CCCCCCO[C@]1(F)O[C@@H](C)[C@H](O)C(F)=C1F. The zero-order chi connectivity index (χ0) is 13.8. The van der Waals surface area contributed by atoms with Crippen LogP contribution in [0.4, 0.5) is 13.2 Å². The maximum Gasteiger partial charge on any atom is 0.378 e. The Bertz CT molecular complexity index is 309. The van der Waals surface area contributed by atoms with Crippen LogP contribution in [0.25, 0.3) is 0 Å². The number of alkyl halides is 1. The van der Waals surface area contributed by atoms with Gasteiger partial charge in [0.25, 0.3) is 0 Å². The van der Waals surface area contributed by atoms with Crippen molar-refractivity contribution in [2.75, 3.05) is 6.61 Å². The van der Waals surface area contributed by atoms with E-state index in [1.54, 1.807) is 0 Å². The van der Waals surface area contributed by atoms with Crippen LogP contribution in [0.1, 0.15) is 39.5 Å². The fourth-order valence-corrected chi connectivity index (χ4v) is 1.66. The predicted molar refractivity (Wildman–Crippen MR) is 59.7 cm³/mol. The van der Waals surface area contributed by atoms with Gasteiger partial charge >= 0.3 is 6.04 Å². The van der Waals surface area contributed by atoms with E-state index in [2.05, 4.69) is 9.47 Å². The maximum atomic E-state index is 13.9. The number of hydrogen-bond acceptors (Lipinski definition) is 3. The molecule has 3 nitrogen and oxygen atoms in total. The van der Waals surface area contributed by atoms with Gasteiger partial charge in [-0.2, -0.15) is 8.78 Å². The smallest absolute Gasteiger partial charge is 0.378 e. The third kappa shape index (κ3) is 3.46. The molecule has 0 spiro atoms. The van der Waals surface area contributed by atoms with Crippen LogP contribution >= 0.6 is 0 Å². The molecule has 0 aromatic carbocycles. The van der Waals surface area contributed by atoms with Gasteiger partial charge in [0, 0.05) is 0 Å². The summed E-state index contributed by atoms with van der Waals surface area (Å²) in [6, 6.07) is -3.21. The van der Waals surface area contributed by atoms with Crippen molar-refractivity contribution in [1.29, 1.82) is 0 Å². The van der Waals surface area contributed by atoms with Crippen molar-refractivity contribution >= 4 is 0 Å². The van der Waals surface area contributed by atoms with Crippen LogP contribution < -0.4 is 0 Å². The minimum atomic E-state index is -3.21. The molecule has 0 saturated heterocycles. The fourth-order valence-electron chi connectivity index (χ4n) is 1.66. The molecule has 0 saturated carbocycles. The summed E-state index contributed by atoms with van der Waals surface area (Å²) in [6.07, 6.45) is 0.324. The fraction of sp³-hybridized carbons (Fsp3) is 0.833. The molecule has 0 bridgehead atoms. The first-order valence-corrected chi connectivity index (χ1v) is 6.16. The lowest BCUT2D eigenvalue weighted by Gasteiger charge is -2.33. The highest BCUT2D eigenvalue weighted by molar-refractivity contribution is 5.15. The van der Waals surface area contributed by atoms with Gasteiger partial charge in [0.15, 0.2) is 5.83 Å². The summed E-state index contributed by atoms with van der Waals surface area (Å²) in [7, 11) is 0. The molecule has 18 heavy (non-hydrogen) atoms. The van der Waals surface area contributed by atoms with Crippen molar-refractivity contribution < 1.29 is 27.8 Å². The lowest BCUT2D eigenvalue weighted by molar-refractivity contribution is -0.333. The molecule has 1 N–H and O–H groups in total. The van der Waals surface area contributed by atoms with Gasteiger partial charge in [0.1, 0.15) is 6.10 Å². The molecule has 0 amide bonds. The van der Waals surface area contributed by atoms with E-state index in [0.717, 1.165) is 19.3 Å². The highest BCUT2D eigenvalue weighted by atomic mass is 19.2. The summed E-state index contributed by atoms with van der Waals surface area (Å²) in [5.41, 5.74) is 0. The standard InChI is InChI=1S/C12H19F3O3/c1-3-4-5-6-7-17-12(15)11(14)9(13)10(16)8(2)18-12/h8,10,16H,3-7H2,1-2H3/t8-,10-,12-/m0/s1. The first-order valence-electron chi connectivity index (χ1n) is 6.16. The second kappa shape index (κ2) is 6.54. The van der Waals surface area contributed by atoms with Gasteiger partial charge in [-0.15, -0.1) is 0 Å². The molecule has 0 aromatic heterocycles. The zero-order valence-electron chi connectivity index (χ0n) is 10.6. The molecule has 6 heteroatoms. The summed E-state index contributed by atoms with van der Waals surface area (Å²) < 4.78 is 49.7. The molecular weight excluding hydrogens is 249 g/mol. The van der Waals surface area contributed by atoms with E-state index in [1.165, 1.54) is 6.92 Å². The lowest BCUT2D eigenvalue weighted by Crippen LogP contribution is -2.45. The van der Waals surface area contributed by atoms with Crippen LogP contribution in [0, 0.1) is 0 Å².